The van der Waals surface area contributed by atoms with Crippen LogP contribution in [0.3, 0.4) is 0 Å². The van der Waals surface area contributed by atoms with Crippen LogP contribution in [0, 0.1) is 11.8 Å². The normalized spacial score (nSPS) is 19.9. The summed E-state index contributed by atoms with van der Waals surface area (Å²) in [7, 11) is 1.88. The number of anilines is 2. The van der Waals surface area contributed by atoms with Gasteiger partial charge in [0.25, 0.3) is 0 Å². The maximum atomic E-state index is 13.1. The zero-order chi connectivity index (χ0) is 24.4. The van der Waals surface area contributed by atoms with E-state index in [-0.39, 0.29) is 12.1 Å². The molecule has 0 radical (unpaired) electrons. The summed E-state index contributed by atoms with van der Waals surface area (Å²) < 4.78 is 1.74. The minimum Gasteiger partial charge on any atom is -0.331 e. The van der Waals surface area contributed by atoms with E-state index in [1.54, 1.807) is 17.1 Å². The number of nitrogens with zero attached hydrogens (tertiary/aromatic N) is 5. The van der Waals surface area contributed by atoms with Crippen molar-refractivity contribution in [3.05, 3.63) is 54.0 Å². The molecule has 0 saturated carbocycles. The van der Waals surface area contributed by atoms with E-state index in [4.69, 9.17) is 4.98 Å². The molecule has 1 aliphatic heterocycles. The van der Waals surface area contributed by atoms with E-state index >= 15 is 0 Å². The summed E-state index contributed by atoms with van der Waals surface area (Å²) in [5.74, 6) is 1.77. The number of hydrogen-bond acceptors (Lipinski definition) is 5. The third kappa shape index (κ3) is 5.31. The smallest absolute Gasteiger partial charge is 0.317 e. The predicted octanol–water partition coefficient (Wildman–Crippen LogP) is 5.08. The molecule has 2 amide bonds. The lowest BCUT2D eigenvalue weighted by molar-refractivity contribution is 0.200. The second kappa shape index (κ2) is 10.1. The van der Waals surface area contributed by atoms with E-state index in [9.17, 15) is 4.79 Å². The molecular weight excluding hydrogens is 438 g/mol. The average molecular weight is 474 g/mol. The maximum Gasteiger partial charge on any atom is 0.317 e. The van der Waals surface area contributed by atoms with Crippen LogP contribution in [0.4, 0.5) is 16.4 Å². The first kappa shape index (κ1) is 23.3. The fraction of sp³-hybridized carbons (Fsp3) is 0.481. The van der Waals surface area contributed by atoms with Crippen LogP contribution in [-0.2, 0) is 13.5 Å². The third-order valence-corrected chi connectivity index (χ3v) is 7.37. The van der Waals surface area contributed by atoms with Gasteiger partial charge in [-0.25, -0.2) is 14.8 Å². The Morgan fingerprint density at radius 3 is 2.83 bits per heavy atom. The van der Waals surface area contributed by atoms with Gasteiger partial charge in [-0.2, -0.15) is 5.10 Å². The van der Waals surface area contributed by atoms with Gasteiger partial charge in [0.1, 0.15) is 0 Å². The fourth-order valence-electron chi connectivity index (χ4n) is 5.24. The van der Waals surface area contributed by atoms with E-state index in [0.717, 1.165) is 62.1 Å². The molecule has 2 unspecified atom stereocenters. The molecule has 2 aliphatic rings. The monoisotopic (exact) mass is 473 g/mol. The number of carbonyl (C=O) groups is 1. The molecule has 0 spiro atoms. The van der Waals surface area contributed by atoms with Gasteiger partial charge >= 0.3 is 6.03 Å². The van der Waals surface area contributed by atoms with Crippen molar-refractivity contribution in [2.75, 3.05) is 18.4 Å². The second-order valence-electron chi connectivity index (χ2n) is 10.2. The molecule has 1 aromatic carbocycles. The minimum absolute atomic E-state index is 0.0559. The van der Waals surface area contributed by atoms with Crippen molar-refractivity contribution in [2.45, 2.75) is 52.0 Å². The van der Waals surface area contributed by atoms with Crippen LogP contribution < -0.4 is 10.6 Å². The molecule has 2 aromatic heterocycles. The molecule has 2 N–H and O–H groups in total. The van der Waals surface area contributed by atoms with E-state index in [1.807, 2.05) is 24.2 Å². The Kier molecular flexibility index (Phi) is 6.70. The van der Waals surface area contributed by atoms with E-state index < -0.39 is 0 Å². The Hall–Kier alpha value is -3.42. The number of urea groups is 1. The fourth-order valence-corrected chi connectivity index (χ4v) is 5.24. The first-order valence-electron chi connectivity index (χ1n) is 12.7. The van der Waals surface area contributed by atoms with Crippen LogP contribution in [0.25, 0.3) is 11.3 Å². The summed E-state index contributed by atoms with van der Waals surface area (Å²) in [6.07, 6.45) is 10.7. The van der Waals surface area contributed by atoms with Crippen LogP contribution in [0.5, 0.6) is 0 Å². The van der Waals surface area contributed by atoms with Crippen molar-refractivity contribution in [1.82, 2.24) is 30.0 Å². The first-order valence-corrected chi connectivity index (χ1v) is 12.7. The Labute approximate surface area is 207 Å². The summed E-state index contributed by atoms with van der Waals surface area (Å²) >= 11 is 0. The maximum absolute atomic E-state index is 13.1. The Morgan fingerprint density at radius 1 is 1.17 bits per heavy atom. The Bertz CT molecular complexity index is 1190. The number of fused-ring (bicyclic) bond motifs is 1. The highest BCUT2D eigenvalue weighted by Crippen LogP contribution is 2.33. The standard InChI is InChI=1S/C27H35N7O/c1-18(2)21-11-13-34(16-21)27(35)32-25-7-5-4-6-19-14-20(8-9-23(19)25)24-10-12-28-26(31-24)30-22-15-29-33(3)17-22/h8-10,12,14-15,17-18,21,25H,4-7,11,13,16H2,1-3H3,(H,32,35)(H,28,30,31). The number of aromatic nitrogens is 4. The van der Waals surface area contributed by atoms with Crippen molar-refractivity contribution in [1.29, 1.82) is 0 Å². The number of amides is 2. The topological polar surface area (TPSA) is 88.0 Å². The van der Waals surface area contributed by atoms with Crippen molar-refractivity contribution >= 4 is 17.7 Å². The van der Waals surface area contributed by atoms with Crippen LogP contribution in [0.1, 0.15) is 56.7 Å². The quantitative estimate of drug-likeness (QED) is 0.505. The van der Waals surface area contributed by atoms with Crippen molar-refractivity contribution in [3.8, 4) is 11.3 Å². The third-order valence-electron chi connectivity index (χ3n) is 7.37. The lowest BCUT2D eigenvalue weighted by atomic mass is 9.95. The minimum atomic E-state index is 0.0559. The number of benzene rings is 1. The summed E-state index contributed by atoms with van der Waals surface area (Å²) in [6, 6.07) is 8.60. The molecule has 5 rings (SSSR count). The molecule has 184 valence electrons. The van der Waals surface area contributed by atoms with Crippen LogP contribution in [0.2, 0.25) is 0 Å². The molecule has 35 heavy (non-hydrogen) atoms. The molecule has 8 nitrogen and oxygen atoms in total. The zero-order valence-electron chi connectivity index (χ0n) is 20.9. The second-order valence-corrected chi connectivity index (χ2v) is 10.2. The molecule has 1 saturated heterocycles. The number of carbonyl (C=O) groups excluding carboxylic acids is 1. The van der Waals surface area contributed by atoms with Crippen LogP contribution >= 0.6 is 0 Å². The number of aryl methyl sites for hydroxylation is 2. The molecule has 3 aromatic rings. The molecule has 3 heterocycles. The molecule has 1 fully saturated rings. The summed E-state index contributed by atoms with van der Waals surface area (Å²) in [5, 5.41) is 10.8. The van der Waals surface area contributed by atoms with E-state index in [1.165, 1.54) is 11.1 Å². The molecular formula is C27H35N7O. The van der Waals surface area contributed by atoms with Gasteiger partial charge in [0.2, 0.25) is 5.95 Å². The van der Waals surface area contributed by atoms with Gasteiger partial charge in [0, 0.05) is 38.1 Å². The molecule has 0 bridgehead atoms. The van der Waals surface area contributed by atoms with Crippen molar-refractivity contribution < 1.29 is 4.79 Å². The number of nitrogens with one attached hydrogen (secondary N) is 2. The SMILES string of the molecule is CC(C)C1CCN(C(=O)NC2CCCCc3cc(-c4ccnc(Nc5cnn(C)c5)n4)ccc32)C1. The lowest BCUT2D eigenvalue weighted by Gasteiger charge is -2.25. The summed E-state index contributed by atoms with van der Waals surface area (Å²) in [6.45, 7) is 6.23. The van der Waals surface area contributed by atoms with Crippen molar-refractivity contribution in [3.63, 3.8) is 0 Å². The first-order chi connectivity index (χ1) is 17.0. The molecule has 1 aliphatic carbocycles. The predicted molar refractivity (Wildman–Crippen MR) is 137 cm³/mol. The van der Waals surface area contributed by atoms with Crippen molar-refractivity contribution in [2.24, 2.45) is 18.9 Å². The zero-order valence-corrected chi connectivity index (χ0v) is 20.9. The number of hydrogen-bond donors (Lipinski definition) is 2. The number of rotatable bonds is 5. The largest absolute Gasteiger partial charge is 0.331 e. The Morgan fingerprint density at radius 2 is 2.06 bits per heavy atom. The highest BCUT2D eigenvalue weighted by Gasteiger charge is 2.30. The van der Waals surface area contributed by atoms with E-state index in [2.05, 4.69) is 52.8 Å². The Balaban J connectivity index is 1.33. The molecule has 2 atom stereocenters. The average Bonchev–Trinajstić information content (AvgIpc) is 3.46. The summed E-state index contributed by atoms with van der Waals surface area (Å²) in [5.41, 5.74) is 5.32. The van der Waals surface area contributed by atoms with Gasteiger partial charge in [-0.15, -0.1) is 0 Å². The molecule has 8 heteroatoms. The van der Waals surface area contributed by atoms with Crippen LogP contribution in [-0.4, -0.2) is 43.8 Å². The van der Waals surface area contributed by atoms with Gasteiger partial charge < -0.3 is 15.5 Å². The van der Waals surface area contributed by atoms with E-state index in [0.29, 0.717) is 17.8 Å². The van der Waals surface area contributed by atoms with Gasteiger partial charge in [-0.3, -0.25) is 4.68 Å². The van der Waals surface area contributed by atoms with Crippen LogP contribution in [0.15, 0.2) is 42.9 Å². The lowest BCUT2D eigenvalue weighted by Crippen LogP contribution is -2.40. The van der Waals surface area contributed by atoms with Gasteiger partial charge in [0.15, 0.2) is 0 Å². The van der Waals surface area contributed by atoms with Gasteiger partial charge in [0.05, 0.1) is 23.6 Å². The number of likely N-dealkylation sites (tertiary alicyclic amines) is 1. The highest BCUT2D eigenvalue weighted by atomic mass is 16.2. The van der Waals surface area contributed by atoms with Gasteiger partial charge in [-0.1, -0.05) is 32.4 Å². The highest BCUT2D eigenvalue weighted by molar-refractivity contribution is 5.75. The summed E-state index contributed by atoms with van der Waals surface area (Å²) in [4.78, 5) is 24.2. The van der Waals surface area contributed by atoms with Gasteiger partial charge in [-0.05, 0) is 60.8 Å².